The number of aliphatic hydroxyl groups is 1. The molecule has 0 saturated heterocycles. The Balaban J connectivity index is 4.08. The third kappa shape index (κ3) is 6.47. The number of hydrogen-bond donors (Lipinski definition) is 3. The molecule has 6 heteroatoms. The first-order valence-corrected chi connectivity index (χ1v) is 5.87. The number of carbonyl (C=O) groups excluding carboxylic acids is 1. The van der Waals surface area contributed by atoms with Crippen molar-refractivity contribution < 1.29 is 19.8 Å². The molecule has 0 aromatic rings. The van der Waals surface area contributed by atoms with Gasteiger partial charge in [-0.3, -0.25) is 4.79 Å². The number of nitrogens with one attached hydrogen (secondary N) is 1. The molecule has 0 saturated carbocycles. The maximum absolute atomic E-state index is 10.7. The van der Waals surface area contributed by atoms with Crippen LogP contribution in [0, 0.1) is 0 Å². The summed E-state index contributed by atoms with van der Waals surface area (Å²) in [5.74, 6) is -0.928. The predicted octanol–water partition coefficient (Wildman–Crippen LogP) is 0.246. The van der Waals surface area contributed by atoms with Gasteiger partial charge in [0.25, 0.3) is 0 Å². The third-order valence-corrected chi connectivity index (χ3v) is 3.15. The first-order chi connectivity index (χ1) is 7.28. The SMILES string of the molecule is C=C[C@@](C)(O)CSC[C@@H](NC(C)=O)C(=O)O. The molecule has 0 bridgehead atoms. The summed E-state index contributed by atoms with van der Waals surface area (Å²) in [7, 11) is 0. The van der Waals surface area contributed by atoms with Crippen LogP contribution in [0.1, 0.15) is 13.8 Å². The van der Waals surface area contributed by atoms with E-state index in [4.69, 9.17) is 5.11 Å². The summed E-state index contributed by atoms with van der Waals surface area (Å²) in [6, 6.07) is -0.928. The normalized spacial score (nSPS) is 15.9. The van der Waals surface area contributed by atoms with Crippen LogP contribution in [0.15, 0.2) is 12.7 Å². The van der Waals surface area contributed by atoms with Crippen molar-refractivity contribution in [2.24, 2.45) is 0 Å². The maximum Gasteiger partial charge on any atom is 0.327 e. The van der Waals surface area contributed by atoms with Crippen molar-refractivity contribution in [2.75, 3.05) is 11.5 Å². The molecule has 0 aromatic carbocycles. The minimum Gasteiger partial charge on any atom is -0.480 e. The first-order valence-electron chi connectivity index (χ1n) is 4.72. The van der Waals surface area contributed by atoms with Gasteiger partial charge in [0.05, 0.1) is 5.60 Å². The highest BCUT2D eigenvalue weighted by Crippen LogP contribution is 2.14. The van der Waals surface area contributed by atoms with Gasteiger partial charge in [-0.05, 0) is 6.92 Å². The van der Waals surface area contributed by atoms with E-state index in [1.54, 1.807) is 6.92 Å². The number of carboxylic acids is 1. The topological polar surface area (TPSA) is 86.6 Å². The number of carbonyl (C=O) groups is 2. The maximum atomic E-state index is 10.7. The van der Waals surface area contributed by atoms with E-state index in [9.17, 15) is 14.7 Å². The molecule has 92 valence electrons. The van der Waals surface area contributed by atoms with E-state index in [1.807, 2.05) is 0 Å². The molecule has 5 nitrogen and oxygen atoms in total. The molecule has 0 radical (unpaired) electrons. The Morgan fingerprint density at radius 3 is 2.56 bits per heavy atom. The molecule has 16 heavy (non-hydrogen) atoms. The fraction of sp³-hybridized carbons (Fsp3) is 0.600. The van der Waals surface area contributed by atoms with Crippen LogP contribution in [0.2, 0.25) is 0 Å². The van der Waals surface area contributed by atoms with E-state index in [1.165, 1.54) is 24.8 Å². The van der Waals surface area contributed by atoms with Crippen LogP contribution in [0.4, 0.5) is 0 Å². The van der Waals surface area contributed by atoms with Crippen molar-refractivity contribution in [3.8, 4) is 0 Å². The van der Waals surface area contributed by atoms with Crippen LogP contribution in [0.25, 0.3) is 0 Å². The van der Waals surface area contributed by atoms with Crippen LogP contribution in [-0.4, -0.2) is 45.2 Å². The monoisotopic (exact) mass is 247 g/mol. The second-order valence-electron chi connectivity index (χ2n) is 3.67. The van der Waals surface area contributed by atoms with Gasteiger partial charge in [0, 0.05) is 18.4 Å². The van der Waals surface area contributed by atoms with E-state index in [0.717, 1.165) is 0 Å². The van der Waals surface area contributed by atoms with Crippen LogP contribution < -0.4 is 5.32 Å². The molecular formula is C10H17NO4S. The summed E-state index contributed by atoms with van der Waals surface area (Å²) in [6.07, 6.45) is 1.40. The lowest BCUT2D eigenvalue weighted by atomic mass is 10.1. The lowest BCUT2D eigenvalue weighted by Crippen LogP contribution is -2.42. The summed E-state index contributed by atoms with van der Waals surface area (Å²) in [4.78, 5) is 21.5. The fourth-order valence-electron chi connectivity index (χ4n) is 0.862. The van der Waals surface area contributed by atoms with Crippen LogP contribution in [0.5, 0.6) is 0 Å². The number of amides is 1. The molecule has 0 unspecified atom stereocenters. The zero-order chi connectivity index (χ0) is 12.8. The highest BCUT2D eigenvalue weighted by Gasteiger charge is 2.21. The number of aliphatic carboxylic acids is 1. The van der Waals surface area contributed by atoms with Gasteiger partial charge in [0.2, 0.25) is 5.91 Å². The molecule has 0 spiro atoms. The molecule has 0 fully saturated rings. The molecule has 0 rings (SSSR count). The molecule has 0 aliphatic rings. The van der Waals surface area contributed by atoms with Gasteiger partial charge in [0.1, 0.15) is 6.04 Å². The molecule has 3 N–H and O–H groups in total. The summed E-state index contributed by atoms with van der Waals surface area (Å²) >= 11 is 1.25. The van der Waals surface area contributed by atoms with E-state index in [-0.39, 0.29) is 11.7 Å². The number of rotatable bonds is 7. The second-order valence-corrected chi connectivity index (χ2v) is 4.70. The van der Waals surface area contributed by atoms with Gasteiger partial charge in [0.15, 0.2) is 0 Å². The lowest BCUT2D eigenvalue weighted by Gasteiger charge is -2.19. The van der Waals surface area contributed by atoms with Gasteiger partial charge < -0.3 is 15.5 Å². The lowest BCUT2D eigenvalue weighted by molar-refractivity contribution is -0.140. The van der Waals surface area contributed by atoms with Crippen LogP contribution in [0.3, 0.4) is 0 Å². The van der Waals surface area contributed by atoms with Gasteiger partial charge in [-0.15, -0.1) is 6.58 Å². The first kappa shape index (κ1) is 15.0. The Morgan fingerprint density at radius 1 is 1.62 bits per heavy atom. The number of carboxylic acid groups (broad SMARTS) is 1. The molecule has 2 atom stereocenters. The molecule has 0 aliphatic heterocycles. The number of hydrogen-bond acceptors (Lipinski definition) is 4. The average Bonchev–Trinajstić information content (AvgIpc) is 2.15. The fourth-order valence-corrected chi connectivity index (χ4v) is 1.97. The van der Waals surface area contributed by atoms with Crippen molar-refractivity contribution in [3.63, 3.8) is 0 Å². The van der Waals surface area contributed by atoms with Crippen LogP contribution in [-0.2, 0) is 9.59 Å². The van der Waals surface area contributed by atoms with Crippen molar-refractivity contribution >= 4 is 23.6 Å². The Morgan fingerprint density at radius 2 is 2.19 bits per heavy atom. The van der Waals surface area contributed by atoms with Crippen molar-refractivity contribution in [2.45, 2.75) is 25.5 Å². The molecule has 0 aromatic heterocycles. The second kappa shape index (κ2) is 6.55. The minimum absolute atomic E-state index is 0.207. The summed E-state index contributed by atoms with van der Waals surface area (Å²) in [5, 5.41) is 20.7. The number of thioether (sulfide) groups is 1. The highest BCUT2D eigenvalue weighted by atomic mass is 32.2. The van der Waals surface area contributed by atoms with Gasteiger partial charge in [-0.25, -0.2) is 4.79 Å². The quantitative estimate of drug-likeness (QED) is 0.561. The van der Waals surface area contributed by atoms with E-state index >= 15 is 0 Å². The smallest absolute Gasteiger partial charge is 0.327 e. The van der Waals surface area contributed by atoms with Crippen molar-refractivity contribution in [1.82, 2.24) is 5.32 Å². The highest BCUT2D eigenvalue weighted by molar-refractivity contribution is 7.99. The Bertz CT molecular complexity index is 278. The van der Waals surface area contributed by atoms with Gasteiger partial charge >= 0.3 is 5.97 Å². The van der Waals surface area contributed by atoms with Gasteiger partial charge in [-0.2, -0.15) is 11.8 Å². The van der Waals surface area contributed by atoms with E-state index in [2.05, 4.69) is 11.9 Å². The van der Waals surface area contributed by atoms with Crippen molar-refractivity contribution in [3.05, 3.63) is 12.7 Å². The minimum atomic E-state index is -1.08. The largest absolute Gasteiger partial charge is 0.480 e. The Kier molecular flexibility index (Phi) is 6.13. The summed E-state index contributed by atoms with van der Waals surface area (Å²) in [6.45, 7) is 6.31. The molecule has 0 heterocycles. The Hall–Kier alpha value is -1.01. The predicted molar refractivity (Wildman–Crippen MR) is 63.4 cm³/mol. The standard InChI is InChI=1S/C10H17NO4S/c1-4-10(3,15)6-16-5-8(9(13)14)11-7(2)12/h4,8,15H,1,5-6H2,2-3H3,(H,11,12)(H,13,14)/t8-,10-/m1/s1. The third-order valence-electron chi connectivity index (χ3n) is 1.79. The van der Waals surface area contributed by atoms with Crippen LogP contribution >= 0.6 is 11.8 Å². The molecule has 0 aliphatic carbocycles. The summed E-state index contributed by atoms with van der Waals surface area (Å²) < 4.78 is 0. The van der Waals surface area contributed by atoms with E-state index in [0.29, 0.717) is 5.75 Å². The van der Waals surface area contributed by atoms with Gasteiger partial charge in [-0.1, -0.05) is 6.08 Å². The zero-order valence-electron chi connectivity index (χ0n) is 9.40. The zero-order valence-corrected chi connectivity index (χ0v) is 10.2. The molecule has 1 amide bonds. The van der Waals surface area contributed by atoms with E-state index < -0.39 is 17.6 Å². The molecular weight excluding hydrogens is 230 g/mol. The average molecular weight is 247 g/mol. The van der Waals surface area contributed by atoms with Crippen molar-refractivity contribution in [1.29, 1.82) is 0 Å². The summed E-state index contributed by atoms with van der Waals surface area (Å²) in [5.41, 5.74) is -1.02. The Labute approximate surface area is 98.9 Å².